The van der Waals surface area contributed by atoms with Gasteiger partial charge in [-0.3, -0.25) is 0 Å². The Balaban J connectivity index is 3.29. The molecule has 0 aliphatic carbocycles. The third-order valence-corrected chi connectivity index (χ3v) is 8.73. The van der Waals surface area contributed by atoms with E-state index in [-0.39, 0.29) is 0 Å². The average molecular weight is 418 g/mol. The standard InChI is InChI=1S/C9H8F5IO3S/c1-19(16,17)18-15(7-5-3-2-4-6-7)9(13,14)8(10,11)12/h2-6H,1H3. The second-order valence-corrected chi connectivity index (χ2v) is 9.94. The first-order valence-corrected chi connectivity index (χ1v) is 9.40. The van der Waals surface area contributed by atoms with Gasteiger partial charge in [0.2, 0.25) is 0 Å². The van der Waals surface area contributed by atoms with Crippen molar-refractivity contribution in [3.63, 3.8) is 0 Å². The Labute approximate surface area is 113 Å². The Morgan fingerprint density at radius 1 is 1.05 bits per heavy atom. The molecule has 0 aromatic heterocycles. The van der Waals surface area contributed by atoms with Crippen molar-refractivity contribution in [3.8, 4) is 0 Å². The predicted molar refractivity (Wildman–Crippen MR) is 66.1 cm³/mol. The molecule has 0 saturated heterocycles. The van der Waals surface area contributed by atoms with Crippen LogP contribution in [-0.2, 0) is 12.6 Å². The normalized spacial score (nSPS) is 14.3. The van der Waals surface area contributed by atoms with Gasteiger partial charge in [-0.15, -0.1) is 0 Å². The molecule has 0 bridgehead atoms. The van der Waals surface area contributed by atoms with E-state index in [1.165, 1.54) is 18.2 Å². The monoisotopic (exact) mass is 418 g/mol. The number of hydrogen-bond acceptors (Lipinski definition) is 3. The van der Waals surface area contributed by atoms with E-state index in [1.807, 2.05) is 0 Å². The van der Waals surface area contributed by atoms with Gasteiger partial charge in [0.15, 0.2) is 0 Å². The maximum absolute atomic E-state index is 13.4. The topological polar surface area (TPSA) is 43.4 Å². The number of alkyl halides is 6. The van der Waals surface area contributed by atoms with Crippen molar-refractivity contribution in [1.82, 2.24) is 0 Å². The van der Waals surface area contributed by atoms with E-state index in [9.17, 15) is 30.4 Å². The zero-order valence-electron chi connectivity index (χ0n) is 9.29. The number of halogens is 6. The van der Waals surface area contributed by atoms with Crippen molar-refractivity contribution < 1.29 is 32.9 Å². The van der Waals surface area contributed by atoms with Crippen LogP contribution < -0.4 is 0 Å². The molecule has 0 saturated carbocycles. The first-order chi connectivity index (χ1) is 8.45. The molecule has 0 unspecified atom stereocenters. The Morgan fingerprint density at radius 3 is 1.89 bits per heavy atom. The van der Waals surface area contributed by atoms with Gasteiger partial charge in [0, 0.05) is 0 Å². The summed E-state index contributed by atoms with van der Waals surface area (Å²) in [5.74, 6) is 0. The van der Waals surface area contributed by atoms with Crippen LogP contribution in [0.15, 0.2) is 30.3 Å². The third kappa shape index (κ3) is 4.24. The third-order valence-electron chi connectivity index (χ3n) is 1.65. The Kier molecular flexibility index (Phi) is 4.78. The minimum absolute atomic E-state index is 0.431. The number of benzene rings is 1. The molecule has 3 nitrogen and oxygen atoms in total. The zero-order valence-corrected chi connectivity index (χ0v) is 12.3. The molecule has 0 fully saturated rings. The molecule has 0 atom stereocenters. The Morgan fingerprint density at radius 2 is 1.53 bits per heavy atom. The first kappa shape index (κ1) is 16.6. The van der Waals surface area contributed by atoms with Gasteiger partial charge in [-0.1, -0.05) is 0 Å². The van der Waals surface area contributed by atoms with Crippen molar-refractivity contribution in [2.75, 3.05) is 6.26 Å². The van der Waals surface area contributed by atoms with Crippen LogP contribution in [0.4, 0.5) is 22.0 Å². The molecule has 0 radical (unpaired) electrons. The first-order valence-electron chi connectivity index (χ1n) is 4.55. The number of hydrogen-bond donors (Lipinski definition) is 0. The summed E-state index contributed by atoms with van der Waals surface area (Å²) < 4.78 is 84.1. The van der Waals surface area contributed by atoms with E-state index in [0.717, 1.165) is 12.1 Å². The van der Waals surface area contributed by atoms with E-state index in [4.69, 9.17) is 0 Å². The van der Waals surface area contributed by atoms with E-state index >= 15 is 0 Å². The summed E-state index contributed by atoms with van der Waals surface area (Å²) in [6.45, 7) is 0. The summed E-state index contributed by atoms with van der Waals surface area (Å²) in [5, 5.41) is 0. The second kappa shape index (κ2) is 5.48. The molecule has 110 valence electrons. The van der Waals surface area contributed by atoms with Crippen LogP contribution in [0.25, 0.3) is 0 Å². The van der Waals surface area contributed by atoms with Crippen LogP contribution in [0.2, 0.25) is 0 Å². The summed E-state index contributed by atoms with van der Waals surface area (Å²) in [7, 11) is -4.43. The van der Waals surface area contributed by atoms with Gasteiger partial charge >= 0.3 is 113 Å². The van der Waals surface area contributed by atoms with Gasteiger partial charge in [-0.2, -0.15) is 0 Å². The molecule has 19 heavy (non-hydrogen) atoms. The van der Waals surface area contributed by atoms with Crippen molar-refractivity contribution in [2.45, 2.75) is 10.1 Å². The molecule has 1 rings (SSSR count). The summed E-state index contributed by atoms with van der Waals surface area (Å²) in [4.78, 5) is 0. The Hall–Kier alpha value is -0.490. The molecule has 0 aliphatic heterocycles. The molecule has 0 spiro atoms. The molecule has 0 aliphatic rings. The molecule has 10 heteroatoms. The van der Waals surface area contributed by atoms with Crippen LogP contribution in [0.5, 0.6) is 0 Å². The van der Waals surface area contributed by atoms with Crippen LogP contribution >= 0.6 is 20.2 Å². The molecule has 1 aromatic rings. The molecule has 1 aromatic carbocycles. The van der Waals surface area contributed by atoms with Crippen LogP contribution in [0.3, 0.4) is 0 Å². The van der Waals surface area contributed by atoms with Crippen LogP contribution in [0.1, 0.15) is 0 Å². The quantitative estimate of drug-likeness (QED) is 0.428. The fraction of sp³-hybridized carbons (Fsp3) is 0.333. The molecule has 0 N–H and O–H groups in total. The fourth-order valence-electron chi connectivity index (χ4n) is 0.954. The molecular weight excluding hydrogens is 410 g/mol. The fourth-order valence-corrected chi connectivity index (χ4v) is 7.00. The minimum atomic E-state index is -5.86. The van der Waals surface area contributed by atoms with E-state index in [1.54, 1.807) is 0 Å². The van der Waals surface area contributed by atoms with Crippen molar-refractivity contribution >= 4 is 30.4 Å². The predicted octanol–water partition coefficient (Wildman–Crippen LogP) is 3.41. The van der Waals surface area contributed by atoms with Crippen molar-refractivity contribution in [2.24, 2.45) is 0 Å². The van der Waals surface area contributed by atoms with Gasteiger partial charge in [0.25, 0.3) is 0 Å². The summed E-state index contributed by atoms with van der Waals surface area (Å²) in [6.07, 6.45) is -5.43. The molecule has 0 heterocycles. The average Bonchev–Trinajstić information content (AvgIpc) is 2.24. The summed E-state index contributed by atoms with van der Waals surface area (Å²) in [5.41, 5.74) is 0. The molecular formula is C9H8F5IO3S. The van der Waals surface area contributed by atoms with Crippen molar-refractivity contribution in [1.29, 1.82) is 0 Å². The van der Waals surface area contributed by atoms with Crippen LogP contribution in [-0.4, -0.2) is 24.8 Å². The maximum atomic E-state index is 13.4. The summed E-state index contributed by atoms with van der Waals surface area (Å²) >= 11 is -4.81. The van der Waals surface area contributed by atoms with Crippen LogP contribution in [0, 0.1) is 3.57 Å². The number of rotatable bonds is 4. The van der Waals surface area contributed by atoms with E-state index in [2.05, 4.69) is 2.51 Å². The van der Waals surface area contributed by atoms with Gasteiger partial charge in [0.1, 0.15) is 0 Å². The zero-order chi connectivity index (χ0) is 14.9. The van der Waals surface area contributed by atoms with Gasteiger partial charge in [-0.05, 0) is 0 Å². The summed E-state index contributed by atoms with van der Waals surface area (Å²) in [6, 6.07) is 5.87. The SMILES string of the molecule is CS(=O)(=O)OI(c1ccccc1)C(F)(F)C(F)(F)F. The molecule has 0 amide bonds. The Bertz CT molecular complexity index is 529. The van der Waals surface area contributed by atoms with E-state index < -0.39 is 44.0 Å². The van der Waals surface area contributed by atoms with Crippen molar-refractivity contribution in [3.05, 3.63) is 33.9 Å². The van der Waals surface area contributed by atoms with E-state index in [0.29, 0.717) is 6.26 Å². The van der Waals surface area contributed by atoms with Gasteiger partial charge < -0.3 is 0 Å². The second-order valence-electron chi connectivity index (χ2n) is 3.31. The van der Waals surface area contributed by atoms with Gasteiger partial charge in [0.05, 0.1) is 0 Å². The van der Waals surface area contributed by atoms with Gasteiger partial charge in [-0.25, -0.2) is 0 Å².